The molecule has 2 unspecified atom stereocenters. The van der Waals surface area contributed by atoms with E-state index in [1.807, 2.05) is 30.3 Å². The van der Waals surface area contributed by atoms with E-state index >= 15 is 0 Å². The Hall–Kier alpha value is -2.16. The summed E-state index contributed by atoms with van der Waals surface area (Å²) in [7, 11) is 1.68. The van der Waals surface area contributed by atoms with E-state index in [1.165, 1.54) is 19.3 Å². The van der Waals surface area contributed by atoms with E-state index in [-0.39, 0.29) is 0 Å². The van der Waals surface area contributed by atoms with Crippen LogP contribution in [0.25, 0.3) is 0 Å². The maximum atomic E-state index is 5.24. The molecule has 1 N–H and O–H groups in total. The van der Waals surface area contributed by atoms with Crippen LogP contribution in [0.3, 0.4) is 0 Å². The van der Waals surface area contributed by atoms with E-state index in [1.54, 1.807) is 7.11 Å². The first kappa shape index (κ1) is 19.6. The number of hydrogen-bond acceptors (Lipinski definition) is 3. The highest BCUT2D eigenvalue weighted by molar-refractivity contribution is 5.54. The predicted octanol–water partition coefficient (Wildman–Crippen LogP) is 5.98. The Labute approximate surface area is 164 Å². The summed E-state index contributed by atoms with van der Waals surface area (Å²) in [6.45, 7) is 19.0. The number of hydrogen-bond donors (Lipinski definition) is 1. The molecule has 1 aliphatic heterocycles. The second kappa shape index (κ2) is 7.10. The highest BCUT2D eigenvalue weighted by Gasteiger charge is 2.50. The average Bonchev–Trinajstić information content (AvgIpc) is 2.85. The second-order valence-electron chi connectivity index (χ2n) is 9.38. The highest BCUT2D eigenvalue weighted by Crippen LogP contribution is 2.53. The van der Waals surface area contributed by atoms with E-state index in [0.29, 0.717) is 16.9 Å². The van der Waals surface area contributed by atoms with Crippen molar-refractivity contribution >= 4 is 5.69 Å². The van der Waals surface area contributed by atoms with E-state index in [4.69, 9.17) is 4.74 Å². The Morgan fingerprint density at radius 3 is 2.48 bits per heavy atom. The second-order valence-corrected chi connectivity index (χ2v) is 9.38. The first-order chi connectivity index (χ1) is 12.7. The third-order valence-corrected chi connectivity index (χ3v) is 6.10. The van der Waals surface area contributed by atoms with Crippen molar-refractivity contribution in [3.63, 3.8) is 0 Å². The Balaban J connectivity index is 1.80. The molecule has 1 aliphatic carbocycles. The normalized spacial score (nSPS) is 27.0. The van der Waals surface area contributed by atoms with Gasteiger partial charge in [-0.1, -0.05) is 40.0 Å². The summed E-state index contributed by atoms with van der Waals surface area (Å²) in [6, 6.07) is 8.56. The van der Waals surface area contributed by atoms with E-state index < -0.39 is 0 Å². The third kappa shape index (κ3) is 4.07. The molecule has 2 aliphatic rings. The number of nitrogens with zero attached hydrogens (tertiary/aromatic N) is 1. The zero-order valence-electron chi connectivity index (χ0n) is 17.6. The molecule has 3 heteroatoms. The molecule has 0 radical (unpaired) electrons. The van der Waals surface area contributed by atoms with Crippen LogP contribution in [0.4, 0.5) is 5.69 Å². The fourth-order valence-corrected chi connectivity index (χ4v) is 5.38. The van der Waals surface area contributed by atoms with Crippen LogP contribution in [-0.4, -0.2) is 24.6 Å². The Morgan fingerprint density at radius 2 is 1.89 bits per heavy atom. The first-order valence-electron chi connectivity index (χ1n) is 9.87. The topological polar surface area (TPSA) is 24.5 Å². The van der Waals surface area contributed by atoms with Gasteiger partial charge in [-0.2, -0.15) is 0 Å². The number of allylic oxidation sites excluding steroid dienone is 2. The van der Waals surface area contributed by atoms with Gasteiger partial charge in [0, 0.05) is 35.2 Å². The number of likely N-dealkylation sites (tertiary alicyclic amines) is 1. The molecule has 3 nitrogen and oxygen atoms in total. The summed E-state index contributed by atoms with van der Waals surface area (Å²) < 4.78 is 5.24. The zero-order chi connectivity index (χ0) is 19.8. The smallest absolute Gasteiger partial charge is 0.119 e. The van der Waals surface area contributed by atoms with Crippen LogP contribution in [0.5, 0.6) is 5.75 Å². The van der Waals surface area contributed by atoms with Crippen LogP contribution in [0.1, 0.15) is 47.0 Å². The number of rotatable bonds is 6. The molecule has 0 spiro atoms. The molecule has 1 aromatic carbocycles. The minimum absolute atomic E-state index is 0.388. The fourth-order valence-electron chi connectivity index (χ4n) is 5.38. The van der Waals surface area contributed by atoms with Crippen LogP contribution in [0.15, 0.2) is 60.5 Å². The third-order valence-electron chi connectivity index (χ3n) is 6.10. The lowest BCUT2D eigenvalue weighted by Gasteiger charge is -2.39. The Morgan fingerprint density at radius 1 is 1.22 bits per heavy atom. The Kier molecular flexibility index (Phi) is 5.16. The van der Waals surface area contributed by atoms with Gasteiger partial charge < -0.3 is 15.0 Å². The molecular formula is C24H34N2O. The lowest BCUT2D eigenvalue weighted by molar-refractivity contribution is 0.131. The monoisotopic (exact) mass is 366 g/mol. The van der Waals surface area contributed by atoms with Gasteiger partial charge in [0.1, 0.15) is 5.75 Å². The van der Waals surface area contributed by atoms with Gasteiger partial charge in [-0.25, -0.2) is 0 Å². The van der Waals surface area contributed by atoms with Crippen molar-refractivity contribution < 1.29 is 4.74 Å². The van der Waals surface area contributed by atoms with Crippen molar-refractivity contribution in [3.05, 3.63) is 60.5 Å². The van der Waals surface area contributed by atoms with E-state index in [2.05, 4.69) is 51.1 Å². The molecule has 2 bridgehead atoms. The summed E-state index contributed by atoms with van der Waals surface area (Å²) in [4.78, 5) is 2.53. The zero-order valence-corrected chi connectivity index (χ0v) is 17.6. The van der Waals surface area contributed by atoms with Crippen molar-refractivity contribution in [1.82, 2.24) is 4.90 Å². The van der Waals surface area contributed by atoms with Crippen molar-refractivity contribution in [2.24, 2.45) is 10.8 Å². The molecule has 0 aromatic heterocycles. The van der Waals surface area contributed by atoms with Crippen LogP contribution in [0, 0.1) is 10.8 Å². The molecule has 2 fully saturated rings. The Bertz CT molecular complexity index is 759. The van der Waals surface area contributed by atoms with Gasteiger partial charge in [0.15, 0.2) is 0 Å². The van der Waals surface area contributed by atoms with Gasteiger partial charge in [0.2, 0.25) is 0 Å². The maximum Gasteiger partial charge on any atom is 0.119 e. The average molecular weight is 367 g/mol. The summed E-state index contributed by atoms with van der Waals surface area (Å²) in [6.07, 6.45) is 5.72. The summed E-state index contributed by atoms with van der Waals surface area (Å²) in [5.74, 6) is 0.857. The molecule has 1 aromatic rings. The lowest BCUT2D eigenvalue weighted by atomic mass is 9.65. The van der Waals surface area contributed by atoms with Crippen molar-refractivity contribution in [1.29, 1.82) is 0 Å². The summed E-state index contributed by atoms with van der Waals surface area (Å²) >= 11 is 0. The lowest BCUT2D eigenvalue weighted by Crippen LogP contribution is -2.34. The van der Waals surface area contributed by atoms with Gasteiger partial charge >= 0.3 is 0 Å². The highest BCUT2D eigenvalue weighted by atomic mass is 16.5. The minimum Gasteiger partial charge on any atom is -0.497 e. The molecule has 2 atom stereocenters. The number of anilines is 1. The maximum absolute atomic E-state index is 5.24. The predicted molar refractivity (Wildman–Crippen MR) is 115 cm³/mol. The first-order valence-corrected chi connectivity index (χ1v) is 9.87. The molecule has 1 heterocycles. The number of nitrogens with one attached hydrogen (secondary N) is 1. The van der Waals surface area contributed by atoms with E-state index in [0.717, 1.165) is 34.9 Å². The van der Waals surface area contributed by atoms with Gasteiger partial charge in [0.25, 0.3) is 0 Å². The molecule has 1 saturated carbocycles. The standard InChI is InChI=1S/C24H34N2O/c1-8-22(17(2)25-19-9-11-21(27-7)12-10-19)18(3)26-16-24(6)14-20(26)13-23(4,5)15-24/h8-12,20,25H,1,3,13-16H2,2,4-7H3/b22-17+. The summed E-state index contributed by atoms with van der Waals surface area (Å²) in [5, 5.41) is 3.50. The van der Waals surface area contributed by atoms with Crippen LogP contribution >= 0.6 is 0 Å². The molecular weight excluding hydrogens is 332 g/mol. The van der Waals surface area contributed by atoms with Crippen LogP contribution < -0.4 is 10.1 Å². The van der Waals surface area contributed by atoms with Crippen molar-refractivity contribution in [3.8, 4) is 5.75 Å². The number of benzene rings is 1. The molecule has 146 valence electrons. The molecule has 3 rings (SSSR count). The summed E-state index contributed by atoms with van der Waals surface area (Å²) in [5.41, 5.74) is 5.09. The van der Waals surface area contributed by atoms with Crippen LogP contribution in [-0.2, 0) is 0 Å². The SMILES string of the molecule is C=C/C(C(=C)N1CC2(C)CC1CC(C)(C)C2)=C(/C)Nc1ccc(OC)cc1. The van der Waals surface area contributed by atoms with Crippen LogP contribution in [0.2, 0.25) is 0 Å². The van der Waals surface area contributed by atoms with Gasteiger partial charge in [-0.3, -0.25) is 0 Å². The van der Waals surface area contributed by atoms with Gasteiger partial charge in [-0.05, 0) is 61.3 Å². The van der Waals surface area contributed by atoms with Gasteiger partial charge in [-0.15, -0.1) is 0 Å². The molecule has 0 amide bonds. The fraction of sp³-hybridized carbons (Fsp3) is 0.500. The quantitative estimate of drug-likeness (QED) is 0.627. The van der Waals surface area contributed by atoms with Crippen molar-refractivity contribution in [2.75, 3.05) is 19.0 Å². The number of methoxy groups -OCH3 is 1. The molecule has 27 heavy (non-hydrogen) atoms. The molecule has 1 saturated heterocycles. The largest absolute Gasteiger partial charge is 0.497 e. The number of fused-ring (bicyclic) bond motifs is 2. The minimum atomic E-state index is 0.388. The van der Waals surface area contributed by atoms with Gasteiger partial charge in [0.05, 0.1) is 7.11 Å². The van der Waals surface area contributed by atoms with E-state index in [9.17, 15) is 0 Å². The number of ether oxygens (including phenoxy) is 1. The van der Waals surface area contributed by atoms with Crippen molar-refractivity contribution in [2.45, 2.75) is 53.0 Å².